The predicted octanol–water partition coefficient (Wildman–Crippen LogP) is -0.266. The molecule has 3 N–H and O–H groups in total. The van der Waals surface area contributed by atoms with Crippen LogP contribution in [0.25, 0.3) is 0 Å². The van der Waals surface area contributed by atoms with Crippen molar-refractivity contribution in [2.75, 3.05) is 0 Å². The van der Waals surface area contributed by atoms with Crippen molar-refractivity contribution in [1.29, 1.82) is 0 Å². The van der Waals surface area contributed by atoms with Crippen molar-refractivity contribution >= 4 is 0 Å². The predicted molar refractivity (Wildman–Crippen MR) is 26.1 cm³/mol. The SMILES string of the molecule is CC(O)C(C)NO. The maximum atomic E-state index is 8.60. The molecule has 0 spiro atoms. The van der Waals surface area contributed by atoms with Gasteiger partial charge in [0, 0.05) is 0 Å². The van der Waals surface area contributed by atoms with E-state index in [0.717, 1.165) is 0 Å². The Bertz CT molecular complexity index is 47.0. The Labute approximate surface area is 42.9 Å². The monoisotopic (exact) mass is 105 g/mol. The fourth-order valence-electron chi connectivity index (χ4n) is 0.108. The Balaban J connectivity index is 3.14. The summed E-state index contributed by atoms with van der Waals surface area (Å²) in [5.74, 6) is 0. The lowest BCUT2D eigenvalue weighted by molar-refractivity contribution is 0.0571. The van der Waals surface area contributed by atoms with Crippen LogP contribution in [0.4, 0.5) is 0 Å². The van der Waals surface area contributed by atoms with Crippen LogP contribution in [0.5, 0.6) is 0 Å². The van der Waals surface area contributed by atoms with Crippen molar-refractivity contribution in [2.45, 2.75) is 26.0 Å². The highest BCUT2D eigenvalue weighted by Crippen LogP contribution is 1.86. The summed E-state index contributed by atoms with van der Waals surface area (Å²) in [7, 11) is 0. The average molecular weight is 105 g/mol. The lowest BCUT2D eigenvalue weighted by Crippen LogP contribution is -2.32. The van der Waals surface area contributed by atoms with E-state index in [2.05, 4.69) is 0 Å². The lowest BCUT2D eigenvalue weighted by atomic mass is 10.2. The van der Waals surface area contributed by atoms with Gasteiger partial charge in [0.15, 0.2) is 0 Å². The van der Waals surface area contributed by atoms with Gasteiger partial charge in [-0.1, -0.05) is 0 Å². The first-order valence-corrected chi connectivity index (χ1v) is 2.26. The van der Waals surface area contributed by atoms with Crippen LogP contribution in [0, 0.1) is 0 Å². The Morgan fingerprint density at radius 3 is 1.86 bits per heavy atom. The smallest absolute Gasteiger partial charge is 0.0685 e. The summed E-state index contributed by atoms with van der Waals surface area (Å²) < 4.78 is 0. The lowest BCUT2D eigenvalue weighted by Gasteiger charge is -2.10. The zero-order valence-corrected chi connectivity index (χ0v) is 4.55. The summed E-state index contributed by atoms with van der Waals surface area (Å²) >= 11 is 0. The van der Waals surface area contributed by atoms with Crippen LogP contribution in [0.1, 0.15) is 13.8 Å². The molecule has 44 valence electrons. The van der Waals surface area contributed by atoms with Gasteiger partial charge in [0.2, 0.25) is 0 Å². The molecule has 0 aromatic rings. The second-order valence-electron chi connectivity index (χ2n) is 1.66. The normalized spacial score (nSPS) is 18.9. The fraction of sp³-hybridized carbons (Fsp3) is 1.00. The van der Waals surface area contributed by atoms with Crippen LogP contribution in [0.3, 0.4) is 0 Å². The largest absolute Gasteiger partial charge is 0.392 e. The maximum absolute atomic E-state index is 8.60. The molecule has 0 aliphatic rings. The summed E-state index contributed by atoms with van der Waals surface area (Å²) in [6.45, 7) is 3.29. The first-order chi connectivity index (χ1) is 3.18. The number of rotatable bonds is 2. The van der Waals surface area contributed by atoms with Crippen molar-refractivity contribution < 1.29 is 10.3 Å². The molecule has 0 aromatic carbocycles. The zero-order valence-electron chi connectivity index (χ0n) is 4.55. The standard InChI is InChI=1S/C4H11NO2/c1-3(5-7)4(2)6/h3-7H,1-2H3. The van der Waals surface area contributed by atoms with Crippen LogP contribution in [0.2, 0.25) is 0 Å². The summed E-state index contributed by atoms with van der Waals surface area (Å²) in [6.07, 6.45) is -0.495. The zero-order chi connectivity index (χ0) is 5.86. The number of hydroxylamine groups is 1. The average Bonchev–Trinajstić information content (AvgIpc) is 1.65. The Morgan fingerprint density at radius 2 is 1.86 bits per heavy atom. The Hall–Kier alpha value is -0.120. The summed E-state index contributed by atoms with van der Waals surface area (Å²) in [5, 5.41) is 16.7. The molecule has 0 radical (unpaired) electrons. The number of aliphatic hydroxyl groups excluding tert-OH is 1. The van der Waals surface area contributed by atoms with Crippen molar-refractivity contribution in [1.82, 2.24) is 5.48 Å². The van der Waals surface area contributed by atoms with Gasteiger partial charge in [0.1, 0.15) is 0 Å². The highest BCUT2D eigenvalue weighted by Gasteiger charge is 2.03. The van der Waals surface area contributed by atoms with E-state index in [0.29, 0.717) is 0 Å². The minimum absolute atomic E-state index is 0.236. The molecule has 0 saturated heterocycles. The third-order valence-electron chi connectivity index (χ3n) is 0.927. The molecule has 0 aliphatic heterocycles. The third kappa shape index (κ3) is 2.56. The van der Waals surface area contributed by atoms with Crippen molar-refractivity contribution in [3.05, 3.63) is 0 Å². The highest BCUT2D eigenvalue weighted by molar-refractivity contribution is 4.59. The molecule has 0 bridgehead atoms. The van der Waals surface area contributed by atoms with Crippen LogP contribution in [-0.2, 0) is 0 Å². The number of hydrogen-bond acceptors (Lipinski definition) is 3. The molecule has 3 heteroatoms. The second kappa shape index (κ2) is 2.96. The quantitative estimate of drug-likeness (QED) is 0.424. The van der Waals surface area contributed by atoms with Gasteiger partial charge in [-0.05, 0) is 13.8 Å². The molecule has 0 heterocycles. The van der Waals surface area contributed by atoms with Crippen LogP contribution in [0.15, 0.2) is 0 Å². The molecule has 0 saturated carbocycles. The third-order valence-corrected chi connectivity index (χ3v) is 0.927. The molecule has 2 unspecified atom stereocenters. The van der Waals surface area contributed by atoms with Gasteiger partial charge in [-0.15, -0.1) is 0 Å². The van der Waals surface area contributed by atoms with Gasteiger partial charge in [-0.2, -0.15) is 0 Å². The molecule has 0 aromatic heterocycles. The van der Waals surface area contributed by atoms with Gasteiger partial charge in [0.25, 0.3) is 0 Å². The van der Waals surface area contributed by atoms with Crippen molar-refractivity contribution in [3.63, 3.8) is 0 Å². The van der Waals surface area contributed by atoms with E-state index in [-0.39, 0.29) is 6.04 Å². The second-order valence-corrected chi connectivity index (χ2v) is 1.66. The van der Waals surface area contributed by atoms with Crippen molar-refractivity contribution in [3.8, 4) is 0 Å². The van der Waals surface area contributed by atoms with Crippen LogP contribution in [-0.4, -0.2) is 22.5 Å². The minimum Gasteiger partial charge on any atom is -0.392 e. The van der Waals surface area contributed by atoms with Gasteiger partial charge in [-0.3, -0.25) is 0 Å². The molecule has 7 heavy (non-hydrogen) atoms. The molecule has 2 atom stereocenters. The molecular formula is C4H11NO2. The number of aliphatic hydroxyl groups is 1. The van der Waals surface area contributed by atoms with Crippen LogP contribution >= 0.6 is 0 Å². The van der Waals surface area contributed by atoms with Gasteiger partial charge in [-0.25, -0.2) is 5.48 Å². The number of nitrogens with one attached hydrogen (secondary N) is 1. The molecule has 0 rings (SSSR count). The Kier molecular flexibility index (Phi) is 2.91. The molecule has 0 amide bonds. The number of hydrogen-bond donors (Lipinski definition) is 3. The van der Waals surface area contributed by atoms with E-state index in [4.69, 9.17) is 10.3 Å². The van der Waals surface area contributed by atoms with E-state index >= 15 is 0 Å². The Morgan fingerprint density at radius 1 is 1.43 bits per heavy atom. The first kappa shape index (κ1) is 6.88. The van der Waals surface area contributed by atoms with E-state index in [1.807, 2.05) is 5.48 Å². The summed E-state index contributed by atoms with van der Waals surface area (Å²) in [6, 6.07) is -0.236. The molecular weight excluding hydrogens is 94.0 g/mol. The van der Waals surface area contributed by atoms with Crippen molar-refractivity contribution in [2.24, 2.45) is 0 Å². The fourth-order valence-corrected chi connectivity index (χ4v) is 0.108. The topological polar surface area (TPSA) is 52.5 Å². The first-order valence-electron chi connectivity index (χ1n) is 2.26. The maximum Gasteiger partial charge on any atom is 0.0685 e. The van der Waals surface area contributed by atoms with Gasteiger partial charge < -0.3 is 10.3 Å². The highest BCUT2D eigenvalue weighted by atomic mass is 16.5. The summed E-state index contributed by atoms with van der Waals surface area (Å²) in [4.78, 5) is 0. The molecule has 0 fully saturated rings. The summed E-state index contributed by atoms with van der Waals surface area (Å²) in [5.41, 5.74) is 1.91. The van der Waals surface area contributed by atoms with Gasteiger partial charge in [0.05, 0.1) is 12.1 Å². The van der Waals surface area contributed by atoms with E-state index in [9.17, 15) is 0 Å². The molecule has 0 aliphatic carbocycles. The van der Waals surface area contributed by atoms with Gasteiger partial charge >= 0.3 is 0 Å². The van der Waals surface area contributed by atoms with Crippen LogP contribution < -0.4 is 5.48 Å². The van der Waals surface area contributed by atoms with E-state index in [1.165, 1.54) is 0 Å². The van der Waals surface area contributed by atoms with E-state index in [1.54, 1.807) is 13.8 Å². The minimum atomic E-state index is -0.495. The molecule has 3 nitrogen and oxygen atoms in total. The van der Waals surface area contributed by atoms with E-state index < -0.39 is 6.10 Å².